The molecular weight excluding hydrogens is 174 g/mol. The molecule has 0 aromatic heterocycles. The largest absolute Gasteiger partial charge is 0.389 e. The molecular formula is C12H23NO. The Morgan fingerprint density at radius 1 is 1.43 bits per heavy atom. The topological polar surface area (TPSA) is 32.3 Å². The van der Waals surface area contributed by atoms with Crippen molar-refractivity contribution in [2.24, 2.45) is 5.92 Å². The molecule has 2 aliphatic rings. The lowest BCUT2D eigenvalue weighted by atomic mass is 9.80. The lowest BCUT2D eigenvalue weighted by molar-refractivity contribution is -0.0338. The van der Waals surface area contributed by atoms with Gasteiger partial charge in [-0.1, -0.05) is 13.3 Å². The van der Waals surface area contributed by atoms with Crippen LogP contribution in [0.1, 0.15) is 51.9 Å². The van der Waals surface area contributed by atoms with Gasteiger partial charge < -0.3 is 10.4 Å². The first-order valence-corrected chi connectivity index (χ1v) is 6.19. The fourth-order valence-corrected chi connectivity index (χ4v) is 2.40. The Labute approximate surface area is 87.1 Å². The standard InChI is InChI=1S/C12H23NO/c1-2-4-11(10-5-6-10)13-9-12(14)7-3-8-12/h10-11,13-14H,2-9H2,1H3. The predicted molar refractivity (Wildman–Crippen MR) is 58.2 cm³/mol. The third-order valence-corrected chi connectivity index (χ3v) is 3.77. The van der Waals surface area contributed by atoms with Gasteiger partial charge in [0.05, 0.1) is 5.60 Å². The van der Waals surface area contributed by atoms with Crippen molar-refractivity contribution in [2.75, 3.05) is 6.54 Å². The van der Waals surface area contributed by atoms with Crippen LogP contribution in [0.4, 0.5) is 0 Å². The molecule has 0 saturated heterocycles. The molecule has 14 heavy (non-hydrogen) atoms. The maximum atomic E-state index is 9.97. The Bertz CT molecular complexity index is 185. The minimum Gasteiger partial charge on any atom is -0.389 e. The first-order chi connectivity index (χ1) is 6.73. The van der Waals surface area contributed by atoms with Crippen molar-refractivity contribution in [3.63, 3.8) is 0 Å². The molecule has 2 N–H and O–H groups in total. The SMILES string of the molecule is CCCC(NCC1(O)CCC1)C1CC1. The summed E-state index contributed by atoms with van der Waals surface area (Å²) in [6, 6.07) is 0.685. The molecule has 0 heterocycles. The molecule has 82 valence electrons. The Hall–Kier alpha value is -0.0800. The van der Waals surface area contributed by atoms with E-state index in [9.17, 15) is 5.11 Å². The second-order valence-electron chi connectivity index (χ2n) is 5.19. The van der Waals surface area contributed by atoms with Crippen molar-refractivity contribution in [2.45, 2.75) is 63.5 Å². The number of rotatable bonds is 6. The van der Waals surface area contributed by atoms with Crippen molar-refractivity contribution in [1.82, 2.24) is 5.32 Å². The Morgan fingerprint density at radius 3 is 2.57 bits per heavy atom. The van der Waals surface area contributed by atoms with Crippen LogP contribution in [0.5, 0.6) is 0 Å². The Balaban J connectivity index is 1.70. The number of hydrogen-bond donors (Lipinski definition) is 2. The average molecular weight is 197 g/mol. The van der Waals surface area contributed by atoms with Gasteiger partial charge in [0, 0.05) is 12.6 Å². The highest BCUT2D eigenvalue weighted by Crippen LogP contribution is 2.36. The normalized spacial score (nSPS) is 27.0. The first kappa shape index (κ1) is 10.4. The molecule has 2 saturated carbocycles. The molecule has 0 bridgehead atoms. The average Bonchev–Trinajstić information content (AvgIpc) is 2.92. The fraction of sp³-hybridized carbons (Fsp3) is 1.00. The van der Waals surface area contributed by atoms with Crippen molar-refractivity contribution in [3.8, 4) is 0 Å². The fourth-order valence-electron chi connectivity index (χ4n) is 2.40. The maximum absolute atomic E-state index is 9.97. The zero-order chi connectivity index (χ0) is 10.0. The van der Waals surface area contributed by atoms with Crippen LogP contribution in [0.25, 0.3) is 0 Å². The zero-order valence-corrected chi connectivity index (χ0v) is 9.26. The molecule has 0 radical (unpaired) electrons. The van der Waals surface area contributed by atoms with Crippen LogP contribution in [0.2, 0.25) is 0 Å². The summed E-state index contributed by atoms with van der Waals surface area (Å²) in [5.41, 5.74) is -0.346. The van der Waals surface area contributed by atoms with E-state index in [2.05, 4.69) is 12.2 Å². The van der Waals surface area contributed by atoms with E-state index in [1.165, 1.54) is 32.1 Å². The van der Waals surface area contributed by atoms with Crippen LogP contribution in [0.3, 0.4) is 0 Å². The summed E-state index contributed by atoms with van der Waals surface area (Å²) in [6.07, 6.45) is 8.55. The quantitative estimate of drug-likeness (QED) is 0.683. The van der Waals surface area contributed by atoms with E-state index in [1.807, 2.05) is 0 Å². The highest BCUT2D eigenvalue weighted by Gasteiger charge is 2.36. The first-order valence-electron chi connectivity index (χ1n) is 6.19. The number of hydrogen-bond acceptors (Lipinski definition) is 2. The monoisotopic (exact) mass is 197 g/mol. The molecule has 0 aliphatic heterocycles. The third-order valence-electron chi connectivity index (χ3n) is 3.77. The number of aliphatic hydroxyl groups is 1. The second kappa shape index (κ2) is 4.19. The molecule has 2 rings (SSSR count). The highest BCUT2D eigenvalue weighted by atomic mass is 16.3. The summed E-state index contributed by atoms with van der Waals surface area (Å²) in [6.45, 7) is 3.07. The maximum Gasteiger partial charge on any atom is 0.0771 e. The van der Waals surface area contributed by atoms with Gasteiger partial charge in [-0.3, -0.25) is 0 Å². The summed E-state index contributed by atoms with van der Waals surface area (Å²) >= 11 is 0. The van der Waals surface area contributed by atoms with Gasteiger partial charge in [-0.15, -0.1) is 0 Å². The Kier molecular flexibility index (Phi) is 3.13. The molecule has 0 aromatic rings. The van der Waals surface area contributed by atoms with E-state index >= 15 is 0 Å². The van der Waals surface area contributed by atoms with Crippen LogP contribution < -0.4 is 5.32 Å². The van der Waals surface area contributed by atoms with Crippen LogP contribution in [-0.2, 0) is 0 Å². The van der Waals surface area contributed by atoms with Gasteiger partial charge in [0.2, 0.25) is 0 Å². The molecule has 2 aliphatic carbocycles. The van der Waals surface area contributed by atoms with Gasteiger partial charge in [-0.2, -0.15) is 0 Å². The van der Waals surface area contributed by atoms with E-state index in [0.717, 1.165) is 25.3 Å². The van der Waals surface area contributed by atoms with Gasteiger partial charge in [0.1, 0.15) is 0 Å². The van der Waals surface area contributed by atoms with E-state index in [4.69, 9.17) is 0 Å². The summed E-state index contributed by atoms with van der Waals surface area (Å²) < 4.78 is 0. The van der Waals surface area contributed by atoms with Crippen LogP contribution in [0.15, 0.2) is 0 Å². The molecule has 1 unspecified atom stereocenters. The molecule has 0 spiro atoms. The van der Waals surface area contributed by atoms with Crippen LogP contribution >= 0.6 is 0 Å². The Morgan fingerprint density at radius 2 is 2.14 bits per heavy atom. The lowest BCUT2D eigenvalue weighted by Crippen LogP contribution is -2.49. The van der Waals surface area contributed by atoms with Gasteiger partial charge in [-0.05, 0) is 44.4 Å². The van der Waals surface area contributed by atoms with E-state index in [0.29, 0.717) is 6.04 Å². The molecule has 2 fully saturated rings. The summed E-state index contributed by atoms with van der Waals surface area (Å²) in [7, 11) is 0. The van der Waals surface area contributed by atoms with Gasteiger partial charge in [0.15, 0.2) is 0 Å². The summed E-state index contributed by atoms with van der Waals surface area (Å²) in [5.74, 6) is 0.915. The lowest BCUT2D eigenvalue weighted by Gasteiger charge is -2.38. The molecule has 1 atom stereocenters. The molecule has 2 heteroatoms. The smallest absolute Gasteiger partial charge is 0.0771 e. The molecule has 2 nitrogen and oxygen atoms in total. The predicted octanol–water partition coefficient (Wildman–Crippen LogP) is 2.07. The molecule has 0 amide bonds. The highest BCUT2D eigenvalue weighted by molar-refractivity contribution is 4.93. The number of nitrogens with one attached hydrogen (secondary N) is 1. The van der Waals surface area contributed by atoms with E-state index in [1.54, 1.807) is 0 Å². The second-order valence-corrected chi connectivity index (χ2v) is 5.19. The van der Waals surface area contributed by atoms with E-state index < -0.39 is 0 Å². The van der Waals surface area contributed by atoms with Gasteiger partial charge in [-0.25, -0.2) is 0 Å². The van der Waals surface area contributed by atoms with Crippen molar-refractivity contribution in [1.29, 1.82) is 0 Å². The van der Waals surface area contributed by atoms with Crippen molar-refractivity contribution in [3.05, 3.63) is 0 Å². The van der Waals surface area contributed by atoms with Crippen LogP contribution in [0, 0.1) is 5.92 Å². The minimum atomic E-state index is -0.346. The van der Waals surface area contributed by atoms with E-state index in [-0.39, 0.29) is 5.60 Å². The van der Waals surface area contributed by atoms with Crippen molar-refractivity contribution < 1.29 is 5.11 Å². The summed E-state index contributed by atoms with van der Waals surface area (Å²) in [4.78, 5) is 0. The zero-order valence-electron chi connectivity index (χ0n) is 9.26. The van der Waals surface area contributed by atoms with Crippen molar-refractivity contribution >= 4 is 0 Å². The summed E-state index contributed by atoms with van der Waals surface area (Å²) in [5, 5.41) is 13.5. The van der Waals surface area contributed by atoms with Gasteiger partial charge in [0.25, 0.3) is 0 Å². The van der Waals surface area contributed by atoms with Gasteiger partial charge >= 0.3 is 0 Å². The van der Waals surface area contributed by atoms with Crippen LogP contribution in [-0.4, -0.2) is 23.3 Å². The third kappa shape index (κ3) is 2.48. The molecule has 0 aromatic carbocycles. The minimum absolute atomic E-state index is 0.346.